The summed E-state index contributed by atoms with van der Waals surface area (Å²) in [6.45, 7) is 5.61. The van der Waals surface area contributed by atoms with Crippen LogP contribution in [-0.2, 0) is 4.74 Å². The zero-order valence-corrected chi connectivity index (χ0v) is 14.5. The van der Waals surface area contributed by atoms with E-state index in [0.29, 0.717) is 5.69 Å². The molecule has 2 heterocycles. The fraction of sp³-hybridized carbons (Fsp3) is 0.278. The summed E-state index contributed by atoms with van der Waals surface area (Å²) in [4.78, 5) is 28.9. The van der Waals surface area contributed by atoms with Crippen molar-refractivity contribution in [1.82, 2.24) is 14.6 Å². The maximum Gasteiger partial charge on any atom is 0.341 e. The van der Waals surface area contributed by atoms with Crippen molar-refractivity contribution in [3.8, 4) is 11.1 Å². The van der Waals surface area contributed by atoms with Crippen molar-refractivity contribution < 1.29 is 18.3 Å². The van der Waals surface area contributed by atoms with Crippen LogP contribution in [0.5, 0.6) is 0 Å². The average Bonchev–Trinajstić information content (AvgIpc) is 2.92. The molecule has 3 rings (SSSR count). The number of aromatic amines is 1. The van der Waals surface area contributed by atoms with Crippen molar-refractivity contribution in [2.75, 3.05) is 6.61 Å². The van der Waals surface area contributed by atoms with Gasteiger partial charge in [-0.3, -0.25) is 9.89 Å². The number of H-pyrrole nitrogens is 1. The average molecular weight is 361 g/mol. The minimum absolute atomic E-state index is 0.0983. The number of aromatic nitrogens is 3. The molecule has 26 heavy (non-hydrogen) atoms. The fourth-order valence-electron chi connectivity index (χ4n) is 2.88. The van der Waals surface area contributed by atoms with Crippen molar-refractivity contribution >= 4 is 11.6 Å². The van der Waals surface area contributed by atoms with Crippen LogP contribution in [-0.4, -0.2) is 27.2 Å². The summed E-state index contributed by atoms with van der Waals surface area (Å²) in [7, 11) is 0. The van der Waals surface area contributed by atoms with E-state index < -0.39 is 23.2 Å². The molecule has 0 atom stereocenters. The number of fused-ring (bicyclic) bond motifs is 1. The van der Waals surface area contributed by atoms with Crippen LogP contribution in [0.1, 0.15) is 42.7 Å². The molecule has 0 bridgehead atoms. The zero-order valence-electron chi connectivity index (χ0n) is 14.5. The highest BCUT2D eigenvalue weighted by molar-refractivity contribution is 5.91. The molecule has 2 aromatic heterocycles. The highest BCUT2D eigenvalue weighted by Crippen LogP contribution is 2.26. The predicted molar refractivity (Wildman–Crippen MR) is 91.2 cm³/mol. The van der Waals surface area contributed by atoms with Gasteiger partial charge in [-0.15, -0.1) is 0 Å². The topological polar surface area (TPSA) is 76.5 Å². The molecule has 0 aliphatic carbocycles. The molecular formula is C18H17F2N3O3. The third-order valence-corrected chi connectivity index (χ3v) is 3.96. The van der Waals surface area contributed by atoms with Gasteiger partial charge < -0.3 is 4.74 Å². The summed E-state index contributed by atoms with van der Waals surface area (Å²) in [5.41, 5.74) is 0.737. The first-order valence-electron chi connectivity index (χ1n) is 8.11. The van der Waals surface area contributed by atoms with Crippen LogP contribution in [0.3, 0.4) is 0 Å². The van der Waals surface area contributed by atoms with E-state index in [4.69, 9.17) is 4.74 Å². The molecular weight excluding hydrogens is 344 g/mol. The first-order chi connectivity index (χ1) is 12.3. The van der Waals surface area contributed by atoms with Crippen molar-refractivity contribution in [2.45, 2.75) is 26.7 Å². The van der Waals surface area contributed by atoms with Crippen molar-refractivity contribution in [3.63, 3.8) is 0 Å². The number of hydrogen-bond donors (Lipinski definition) is 1. The van der Waals surface area contributed by atoms with Crippen LogP contribution in [0.15, 0.2) is 29.2 Å². The maximum atomic E-state index is 13.6. The van der Waals surface area contributed by atoms with Crippen LogP contribution < -0.4 is 5.56 Å². The summed E-state index contributed by atoms with van der Waals surface area (Å²) in [6.07, 6.45) is 1.33. The molecule has 0 spiro atoms. The van der Waals surface area contributed by atoms with Gasteiger partial charge in [0.25, 0.3) is 5.56 Å². The number of esters is 1. The van der Waals surface area contributed by atoms with E-state index in [1.165, 1.54) is 16.8 Å². The number of benzene rings is 1. The van der Waals surface area contributed by atoms with E-state index >= 15 is 0 Å². The molecule has 0 saturated heterocycles. The lowest BCUT2D eigenvalue weighted by Crippen LogP contribution is -2.15. The Morgan fingerprint density at radius 3 is 2.65 bits per heavy atom. The SMILES string of the molecule is CCOC(=O)c1cnc2c(-c3ccc(F)c(F)c3)c(=O)[nH]n2c1C(C)C. The molecule has 0 aliphatic heterocycles. The van der Waals surface area contributed by atoms with Gasteiger partial charge >= 0.3 is 5.97 Å². The molecule has 0 fully saturated rings. The van der Waals surface area contributed by atoms with Gasteiger partial charge in [-0.05, 0) is 30.5 Å². The normalized spacial score (nSPS) is 11.3. The summed E-state index contributed by atoms with van der Waals surface area (Å²) in [5.74, 6) is -2.75. The van der Waals surface area contributed by atoms with Gasteiger partial charge in [-0.2, -0.15) is 0 Å². The molecule has 1 aromatic carbocycles. The van der Waals surface area contributed by atoms with E-state index in [1.807, 2.05) is 13.8 Å². The first kappa shape index (κ1) is 17.8. The minimum Gasteiger partial charge on any atom is -0.462 e. The van der Waals surface area contributed by atoms with Gasteiger partial charge in [0.2, 0.25) is 0 Å². The smallest absolute Gasteiger partial charge is 0.341 e. The van der Waals surface area contributed by atoms with Crippen molar-refractivity contribution in [2.24, 2.45) is 0 Å². The summed E-state index contributed by atoms with van der Waals surface area (Å²) in [6, 6.07) is 3.19. The lowest BCUT2D eigenvalue weighted by Gasteiger charge is -2.14. The quantitative estimate of drug-likeness (QED) is 0.724. The lowest BCUT2D eigenvalue weighted by molar-refractivity contribution is 0.0523. The Morgan fingerprint density at radius 2 is 2.04 bits per heavy atom. The second kappa shape index (κ2) is 6.70. The largest absolute Gasteiger partial charge is 0.462 e. The van der Waals surface area contributed by atoms with Gasteiger partial charge in [0.15, 0.2) is 17.3 Å². The summed E-state index contributed by atoms with van der Waals surface area (Å²) < 4.78 is 33.2. The Balaban J connectivity index is 2.30. The van der Waals surface area contributed by atoms with Crippen molar-refractivity contribution in [3.05, 3.63) is 57.6 Å². The Kier molecular flexibility index (Phi) is 4.58. The molecule has 0 radical (unpaired) electrons. The van der Waals surface area contributed by atoms with Crippen LogP contribution in [0.4, 0.5) is 8.78 Å². The van der Waals surface area contributed by atoms with E-state index in [2.05, 4.69) is 10.1 Å². The van der Waals surface area contributed by atoms with Gasteiger partial charge in [-0.25, -0.2) is 23.1 Å². The summed E-state index contributed by atoms with van der Waals surface area (Å²) >= 11 is 0. The van der Waals surface area contributed by atoms with E-state index in [1.54, 1.807) is 6.92 Å². The van der Waals surface area contributed by atoms with Gasteiger partial charge in [0.05, 0.1) is 23.4 Å². The number of halogens is 2. The Bertz CT molecular complexity index is 1050. The monoisotopic (exact) mass is 361 g/mol. The molecule has 0 aliphatic rings. The van der Waals surface area contributed by atoms with Gasteiger partial charge in [0.1, 0.15) is 0 Å². The van der Waals surface area contributed by atoms with Crippen LogP contribution >= 0.6 is 0 Å². The Morgan fingerprint density at radius 1 is 1.31 bits per heavy atom. The van der Waals surface area contributed by atoms with E-state index in [-0.39, 0.29) is 34.9 Å². The molecule has 3 aromatic rings. The molecule has 6 nitrogen and oxygen atoms in total. The van der Waals surface area contributed by atoms with Gasteiger partial charge in [-0.1, -0.05) is 19.9 Å². The standard InChI is InChI=1S/C18H17F2N3O3/c1-4-26-18(25)11-8-21-16-14(10-5-6-12(19)13(20)7-10)17(24)22-23(16)15(11)9(2)3/h5-9H,4H2,1-3H3,(H,22,24). The van der Waals surface area contributed by atoms with Crippen LogP contribution in [0.25, 0.3) is 16.8 Å². The number of nitrogens with one attached hydrogen (secondary N) is 1. The molecule has 0 saturated carbocycles. The molecule has 0 unspecified atom stereocenters. The second-order valence-corrected chi connectivity index (χ2v) is 6.04. The second-order valence-electron chi connectivity index (χ2n) is 6.04. The Hall–Kier alpha value is -3.03. The third-order valence-electron chi connectivity index (χ3n) is 3.96. The van der Waals surface area contributed by atoms with Crippen molar-refractivity contribution in [1.29, 1.82) is 0 Å². The maximum absolute atomic E-state index is 13.6. The van der Waals surface area contributed by atoms with Crippen LogP contribution in [0.2, 0.25) is 0 Å². The number of ether oxygens (including phenoxy) is 1. The molecule has 0 amide bonds. The first-order valence-corrected chi connectivity index (χ1v) is 8.11. The number of nitrogens with zero attached hydrogens (tertiary/aromatic N) is 2. The third kappa shape index (κ3) is 2.87. The minimum atomic E-state index is -1.06. The molecule has 1 N–H and O–H groups in total. The molecule has 8 heteroatoms. The van der Waals surface area contributed by atoms with E-state index in [9.17, 15) is 18.4 Å². The number of hydrogen-bond acceptors (Lipinski definition) is 4. The van der Waals surface area contributed by atoms with Gasteiger partial charge in [0, 0.05) is 6.20 Å². The van der Waals surface area contributed by atoms with E-state index in [0.717, 1.165) is 12.1 Å². The number of carbonyl (C=O) groups is 1. The Labute approximate surface area is 147 Å². The number of rotatable bonds is 4. The highest BCUT2D eigenvalue weighted by atomic mass is 19.2. The predicted octanol–water partition coefficient (Wildman–Crippen LogP) is 3.27. The molecule has 136 valence electrons. The lowest BCUT2D eigenvalue weighted by atomic mass is 10.0. The summed E-state index contributed by atoms with van der Waals surface area (Å²) in [5, 5.41) is 2.62. The highest BCUT2D eigenvalue weighted by Gasteiger charge is 2.23. The number of carbonyl (C=O) groups excluding carboxylic acids is 1. The zero-order chi connectivity index (χ0) is 19.0. The fourth-order valence-corrected chi connectivity index (χ4v) is 2.88. The van der Waals surface area contributed by atoms with Crippen LogP contribution in [0, 0.1) is 11.6 Å².